The second-order valence-electron chi connectivity index (χ2n) is 9.50. The van der Waals surface area contributed by atoms with Gasteiger partial charge in [-0.2, -0.15) is 0 Å². The molecule has 2 N–H and O–H groups in total. The molecule has 0 bridgehead atoms. The Kier molecular flexibility index (Phi) is 16.4. The van der Waals surface area contributed by atoms with Crippen molar-refractivity contribution in [2.45, 2.75) is 110 Å². The van der Waals surface area contributed by atoms with Crippen molar-refractivity contribution >= 4 is 11.9 Å². The summed E-state index contributed by atoms with van der Waals surface area (Å²) in [6.45, 7) is 10.9. The lowest BCUT2D eigenvalue weighted by atomic mass is 9.92. The maximum atomic E-state index is 12.6. The zero-order chi connectivity index (χ0) is 28.0. The zero-order valence-electron chi connectivity index (χ0n) is 23.4. The second kappa shape index (κ2) is 18.0. The van der Waals surface area contributed by atoms with E-state index >= 15 is 0 Å². The molecule has 0 aliphatic carbocycles. The summed E-state index contributed by atoms with van der Waals surface area (Å²) in [6, 6.07) is 0. The molecule has 1 fully saturated rings. The summed E-state index contributed by atoms with van der Waals surface area (Å²) in [5.41, 5.74) is 0. The molecule has 218 valence electrons. The van der Waals surface area contributed by atoms with Gasteiger partial charge < -0.3 is 43.4 Å². The lowest BCUT2D eigenvalue weighted by molar-refractivity contribution is -0.319. The minimum absolute atomic E-state index is 0.200. The summed E-state index contributed by atoms with van der Waals surface area (Å²) in [6.07, 6.45) is -2.72. The highest BCUT2D eigenvalue weighted by Crippen LogP contribution is 2.31. The molecule has 9 atom stereocenters. The van der Waals surface area contributed by atoms with Gasteiger partial charge >= 0.3 is 11.9 Å². The highest BCUT2D eigenvalue weighted by Gasteiger charge is 2.47. The fourth-order valence-corrected chi connectivity index (χ4v) is 3.94. The lowest BCUT2D eigenvalue weighted by Crippen LogP contribution is -2.58. The van der Waals surface area contributed by atoms with Gasteiger partial charge in [0, 0.05) is 32.0 Å². The molecule has 0 aromatic rings. The van der Waals surface area contributed by atoms with Gasteiger partial charge in [-0.1, -0.05) is 40.5 Å². The molecule has 4 unspecified atom stereocenters. The van der Waals surface area contributed by atoms with E-state index in [9.17, 15) is 19.8 Å². The molecule has 11 nitrogen and oxygen atoms in total. The van der Waals surface area contributed by atoms with Gasteiger partial charge in [-0.25, -0.2) is 4.79 Å². The second-order valence-corrected chi connectivity index (χ2v) is 9.50. The van der Waals surface area contributed by atoms with Gasteiger partial charge in [0.15, 0.2) is 18.7 Å². The maximum absolute atomic E-state index is 12.6. The summed E-state index contributed by atoms with van der Waals surface area (Å²) in [7, 11) is 1.26. The van der Waals surface area contributed by atoms with Crippen molar-refractivity contribution in [1.82, 2.24) is 0 Å². The number of aliphatic hydroxyl groups excluding tert-OH is 2. The quantitative estimate of drug-likeness (QED) is 0.151. The Morgan fingerprint density at radius 3 is 2.27 bits per heavy atom. The number of esters is 2. The molecule has 0 spiro atoms. The van der Waals surface area contributed by atoms with Crippen molar-refractivity contribution in [3.8, 4) is 0 Å². The van der Waals surface area contributed by atoms with Crippen LogP contribution in [0.4, 0.5) is 0 Å². The number of ether oxygens (including phenoxy) is 7. The van der Waals surface area contributed by atoms with E-state index in [1.165, 1.54) is 14.0 Å². The van der Waals surface area contributed by atoms with Crippen LogP contribution in [0.3, 0.4) is 0 Å². The SMILES string of the molecule is CCCCOC1[C@@H](OC(CO)OC(C(=O)OC)[C@@H](C)[C@H](C)OCCCC)C(COC(C)=O)O[C@@H](O)[C@H]1C. The number of hydrogen-bond donors (Lipinski definition) is 2. The molecule has 0 saturated carbocycles. The Labute approximate surface area is 221 Å². The number of rotatable bonds is 18. The highest BCUT2D eigenvalue weighted by atomic mass is 16.7. The van der Waals surface area contributed by atoms with Crippen molar-refractivity contribution in [3.63, 3.8) is 0 Å². The van der Waals surface area contributed by atoms with Crippen LogP contribution >= 0.6 is 0 Å². The molecule has 1 heterocycles. The Hall–Kier alpha value is -1.34. The predicted octanol–water partition coefficient (Wildman–Crippen LogP) is 2.19. The summed E-state index contributed by atoms with van der Waals surface area (Å²) in [4.78, 5) is 24.1. The van der Waals surface area contributed by atoms with Crippen LogP contribution in [-0.2, 0) is 42.7 Å². The maximum Gasteiger partial charge on any atom is 0.335 e. The first kappa shape index (κ1) is 33.7. The van der Waals surface area contributed by atoms with E-state index in [4.69, 9.17) is 33.2 Å². The van der Waals surface area contributed by atoms with Gasteiger partial charge in [-0.3, -0.25) is 4.79 Å². The van der Waals surface area contributed by atoms with E-state index in [0.29, 0.717) is 13.2 Å². The molecule has 1 aliphatic heterocycles. The van der Waals surface area contributed by atoms with Crippen LogP contribution in [0.2, 0.25) is 0 Å². The standard InChI is InChI=1S/C26H48O11/c1-8-10-12-32-18(5)16(3)23(26(30)31-7)36-21(14-27)37-24-20(15-34-19(6)28)35-25(29)17(4)22(24)33-13-11-9-2/h16-18,20-25,27,29H,8-15H2,1-7H3/t16-,17-,18-,20?,21?,22?,23?,24-,25+/m0/s1. The summed E-state index contributed by atoms with van der Waals surface area (Å²) >= 11 is 0. The average Bonchev–Trinajstić information content (AvgIpc) is 2.88. The smallest absolute Gasteiger partial charge is 0.335 e. The van der Waals surface area contributed by atoms with E-state index in [1.807, 2.05) is 13.8 Å². The fraction of sp³-hybridized carbons (Fsp3) is 0.923. The fourth-order valence-electron chi connectivity index (χ4n) is 3.94. The van der Waals surface area contributed by atoms with Gasteiger partial charge in [0.2, 0.25) is 0 Å². The summed E-state index contributed by atoms with van der Waals surface area (Å²) in [5, 5.41) is 20.6. The molecule has 11 heteroatoms. The Morgan fingerprint density at radius 1 is 1.05 bits per heavy atom. The van der Waals surface area contributed by atoms with Crippen LogP contribution in [0, 0.1) is 11.8 Å². The Balaban J connectivity index is 3.12. The zero-order valence-corrected chi connectivity index (χ0v) is 23.4. The topological polar surface area (TPSA) is 139 Å². The highest BCUT2D eigenvalue weighted by molar-refractivity contribution is 5.75. The van der Waals surface area contributed by atoms with E-state index in [1.54, 1.807) is 13.8 Å². The minimum atomic E-state index is -1.26. The van der Waals surface area contributed by atoms with Crippen molar-refractivity contribution in [3.05, 3.63) is 0 Å². The van der Waals surface area contributed by atoms with Gasteiger partial charge in [-0.15, -0.1) is 0 Å². The molecule has 0 amide bonds. The first-order valence-corrected chi connectivity index (χ1v) is 13.3. The van der Waals surface area contributed by atoms with Crippen LogP contribution in [0.15, 0.2) is 0 Å². The summed E-state index contributed by atoms with van der Waals surface area (Å²) in [5.74, 6) is -2.06. The number of aliphatic hydroxyl groups is 2. The van der Waals surface area contributed by atoms with Gasteiger partial charge in [0.05, 0.1) is 25.9 Å². The van der Waals surface area contributed by atoms with Crippen LogP contribution in [-0.4, -0.2) is 98.8 Å². The van der Waals surface area contributed by atoms with E-state index < -0.39 is 67.4 Å². The first-order chi connectivity index (χ1) is 17.6. The Morgan fingerprint density at radius 2 is 1.70 bits per heavy atom. The van der Waals surface area contributed by atoms with Crippen LogP contribution in [0.5, 0.6) is 0 Å². The molecule has 1 aliphatic rings. The number of unbranched alkanes of at least 4 members (excludes halogenated alkanes) is 2. The summed E-state index contributed by atoms with van der Waals surface area (Å²) < 4.78 is 39.7. The van der Waals surface area contributed by atoms with Crippen molar-refractivity contribution in [1.29, 1.82) is 0 Å². The molecule has 1 saturated heterocycles. The normalized spacial score (nSPS) is 27.2. The van der Waals surface area contributed by atoms with Crippen molar-refractivity contribution < 1.29 is 53.0 Å². The van der Waals surface area contributed by atoms with Gasteiger partial charge in [-0.05, 0) is 19.8 Å². The van der Waals surface area contributed by atoms with Gasteiger partial charge in [0.25, 0.3) is 0 Å². The molecule has 37 heavy (non-hydrogen) atoms. The number of methoxy groups -OCH3 is 1. The van der Waals surface area contributed by atoms with E-state index in [-0.39, 0.29) is 12.7 Å². The number of carbonyl (C=O) groups is 2. The Bertz CT molecular complexity index is 646. The van der Waals surface area contributed by atoms with Crippen LogP contribution in [0.25, 0.3) is 0 Å². The third kappa shape index (κ3) is 11.1. The molecular formula is C26H48O11. The predicted molar refractivity (Wildman–Crippen MR) is 133 cm³/mol. The van der Waals surface area contributed by atoms with Crippen LogP contribution in [0.1, 0.15) is 67.2 Å². The number of hydrogen-bond acceptors (Lipinski definition) is 11. The average molecular weight is 537 g/mol. The van der Waals surface area contributed by atoms with E-state index in [0.717, 1.165) is 25.7 Å². The molecule has 0 aromatic heterocycles. The first-order valence-electron chi connectivity index (χ1n) is 13.3. The van der Waals surface area contributed by atoms with E-state index in [2.05, 4.69) is 6.92 Å². The molecule has 0 aromatic carbocycles. The third-order valence-electron chi connectivity index (χ3n) is 6.52. The largest absolute Gasteiger partial charge is 0.467 e. The van der Waals surface area contributed by atoms with Crippen LogP contribution < -0.4 is 0 Å². The molecular weight excluding hydrogens is 488 g/mol. The van der Waals surface area contributed by atoms with Crippen molar-refractivity contribution in [2.75, 3.05) is 33.5 Å². The van der Waals surface area contributed by atoms with Gasteiger partial charge in [0.1, 0.15) is 18.8 Å². The monoisotopic (exact) mass is 536 g/mol. The lowest BCUT2D eigenvalue weighted by Gasteiger charge is -2.44. The minimum Gasteiger partial charge on any atom is -0.467 e. The van der Waals surface area contributed by atoms with Crippen molar-refractivity contribution in [2.24, 2.45) is 11.8 Å². The number of carbonyl (C=O) groups excluding carboxylic acids is 2. The molecule has 0 radical (unpaired) electrons. The molecule has 1 rings (SSSR count). The third-order valence-corrected chi connectivity index (χ3v) is 6.52.